The van der Waals surface area contributed by atoms with Crippen LogP contribution in [-0.4, -0.2) is 49.1 Å². The average molecular weight is 302 g/mol. The van der Waals surface area contributed by atoms with Crippen LogP contribution >= 0.6 is 11.6 Å². The number of piperazine rings is 1. The van der Waals surface area contributed by atoms with Gasteiger partial charge < -0.3 is 4.90 Å². The van der Waals surface area contributed by atoms with Crippen LogP contribution in [0.2, 0.25) is 5.02 Å². The molecule has 2 aliphatic rings. The Hall–Kier alpha value is -0.850. The number of hydrogen-bond acceptors (Lipinski definition) is 4. The Morgan fingerprint density at radius 3 is 2.47 bits per heavy atom. The van der Waals surface area contributed by atoms with Crippen molar-refractivity contribution >= 4 is 27.3 Å². The number of halogens is 1. The van der Waals surface area contributed by atoms with E-state index in [9.17, 15) is 8.42 Å². The summed E-state index contributed by atoms with van der Waals surface area (Å²) in [4.78, 5) is 6.07. The fraction of sp³-hybridized carbons (Fsp3) is 0.583. The lowest BCUT2D eigenvalue weighted by Crippen LogP contribution is -2.49. The zero-order valence-corrected chi connectivity index (χ0v) is 12.1. The van der Waals surface area contributed by atoms with Crippen molar-refractivity contribution in [3.8, 4) is 0 Å². The normalized spacial score (nSPS) is 21.6. The molecular formula is C12H16ClN3O2S. The Morgan fingerprint density at radius 2 is 1.89 bits per heavy atom. The molecule has 1 aromatic heterocycles. The number of aromatic nitrogens is 1. The maximum Gasteiger partial charge on any atom is 0.217 e. The average Bonchev–Trinajstić information content (AvgIpc) is 3.24. The molecule has 0 amide bonds. The van der Waals surface area contributed by atoms with Crippen LogP contribution in [0.4, 0.5) is 5.69 Å². The summed E-state index contributed by atoms with van der Waals surface area (Å²) in [5.41, 5.74) is 0.931. The van der Waals surface area contributed by atoms with Crippen molar-refractivity contribution in [1.29, 1.82) is 0 Å². The molecular weight excluding hydrogens is 286 g/mol. The van der Waals surface area contributed by atoms with Gasteiger partial charge >= 0.3 is 0 Å². The van der Waals surface area contributed by atoms with Crippen LogP contribution in [0.3, 0.4) is 0 Å². The summed E-state index contributed by atoms with van der Waals surface area (Å²) in [5, 5.41) is 0.490. The molecule has 1 aliphatic carbocycles. The minimum atomic E-state index is -3.04. The van der Waals surface area contributed by atoms with E-state index in [1.807, 2.05) is 6.07 Å². The summed E-state index contributed by atoms with van der Waals surface area (Å²) in [6.07, 6.45) is 4.95. The van der Waals surface area contributed by atoms with Crippen LogP contribution in [0.1, 0.15) is 12.8 Å². The second kappa shape index (κ2) is 4.92. The van der Waals surface area contributed by atoms with Crippen molar-refractivity contribution in [2.75, 3.05) is 31.1 Å². The van der Waals surface area contributed by atoms with Crippen LogP contribution in [0, 0.1) is 0 Å². The van der Waals surface area contributed by atoms with Crippen molar-refractivity contribution in [3.05, 3.63) is 23.5 Å². The lowest BCUT2D eigenvalue weighted by molar-refractivity contribution is 0.384. The van der Waals surface area contributed by atoms with Crippen LogP contribution in [0.25, 0.3) is 0 Å². The van der Waals surface area contributed by atoms with E-state index in [1.165, 1.54) is 0 Å². The highest BCUT2D eigenvalue weighted by Gasteiger charge is 2.41. The highest BCUT2D eigenvalue weighted by molar-refractivity contribution is 7.90. The lowest BCUT2D eigenvalue weighted by atomic mass is 10.3. The van der Waals surface area contributed by atoms with E-state index in [-0.39, 0.29) is 5.25 Å². The number of sulfonamides is 1. The second-order valence-corrected chi connectivity index (χ2v) is 7.58. The lowest BCUT2D eigenvalue weighted by Gasteiger charge is -2.35. The molecule has 0 aromatic carbocycles. The largest absolute Gasteiger partial charge is 0.368 e. The molecule has 3 rings (SSSR count). The van der Waals surface area contributed by atoms with E-state index in [1.54, 1.807) is 16.7 Å². The third kappa shape index (κ3) is 2.57. The topological polar surface area (TPSA) is 53.5 Å². The molecule has 104 valence electrons. The predicted molar refractivity (Wildman–Crippen MR) is 75.0 cm³/mol. The molecule has 0 bridgehead atoms. The summed E-state index contributed by atoms with van der Waals surface area (Å²) >= 11 is 6.11. The third-order valence-corrected chi connectivity index (χ3v) is 6.33. The van der Waals surface area contributed by atoms with Crippen LogP contribution in [-0.2, 0) is 10.0 Å². The molecule has 0 spiro atoms. The van der Waals surface area contributed by atoms with Crippen molar-refractivity contribution in [2.24, 2.45) is 0 Å². The first-order valence-electron chi connectivity index (χ1n) is 6.42. The van der Waals surface area contributed by atoms with Gasteiger partial charge in [-0.15, -0.1) is 0 Å². The Bertz CT molecular complexity index is 566. The number of anilines is 1. The maximum absolute atomic E-state index is 12.1. The maximum atomic E-state index is 12.1. The van der Waals surface area contributed by atoms with Gasteiger partial charge in [0.1, 0.15) is 0 Å². The molecule has 1 saturated heterocycles. The first kappa shape index (κ1) is 13.1. The number of rotatable bonds is 3. The van der Waals surface area contributed by atoms with Gasteiger partial charge in [-0.3, -0.25) is 4.98 Å². The predicted octanol–water partition coefficient (Wildman–Crippen LogP) is 1.35. The molecule has 2 fully saturated rings. The van der Waals surface area contributed by atoms with Crippen LogP contribution in [0.15, 0.2) is 18.5 Å². The zero-order valence-electron chi connectivity index (χ0n) is 10.5. The molecule has 1 saturated carbocycles. The van der Waals surface area contributed by atoms with Crippen LogP contribution in [0.5, 0.6) is 0 Å². The number of nitrogens with zero attached hydrogens (tertiary/aromatic N) is 3. The van der Waals surface area contributed by atoms with Crippen LogP contribution < -0.4 is 4.90 Å². The fourth-order valence-corrected chi connectivity index (χ4v) is 4.45. The van der Waals surface area contributed by atoms with E-state index >= 15 is 0 Å². The first-order valence-corrected chi connectivity index (χ1v) is 8.30. The standard InChI is InChI=1S/C12H16ClN3O2S/c13-11-9-14-4-3-12(11)15-5-7-16(8-6-15)19(17,18)10-1-2-10/h3-4,9-10H,1-2,5-8H2. The van der Waals surface area contributed by atoms with E-state index in [0.717, 1.165) is 18.5 Å². The second-order valence-electron chi connectivity index (χ2n) is 4.96. The monoisotopic (exact) mass is 301 g/mol. The van der Waals surface area contributed by atoms with E-state index in [0.29, 0.717) is 31.2 Å². The van der Waals surface area contributed by atoms with Gasteiger partial charge in [-0.1, -0.05) is 11.6 Å². The Morgan fingerprint density at radius 1 is 1.21 bits per heavy atom. The molecule has 0 atom stereocenters. The van der Waals surface area contributed by atoms with E-state index in [2.05, 4.69) is 9.88 Å². The third-order valence-electron chi connectivity index (χ3n) is 3.64. The molecule has 19 heavy (non-hydrogen) atoms. The quantitative estimate of drug-likeness (QED) is 0.846. The molecule has 5 nitrogen and oxygen atoms in total. The van der Waals surface area contributed by atoms with Crippen molar-refractivity contribution < 1.29 is 8.42 Å². The van der Waals surface area contributed by atoms with Gasteiger partial charge in [0, 0.05) is 38.6 Å². The number of pyridine rings is 1. The van der Waals surface area contributed by atoms with Gasteiger partial charge in [0.2, 0.25) is 10.0 Å². The minimum Gasteiger partial charge on any atom is -0.368 e. The summed E-state index contributed by atoms with van der Waals surface area (Å²) < 4.78 is 25.9. The molecule has 1 aromatic rings. The fourth-order valence-electron chi connectivity index (χ4n) is 2.38. The SMILES string of the molecule is O=S(=O)(C1CC1)N1CCN(c2ccncc2Cl)CC1. The Kier molecular flexibility index (Phi) is 3.41. The highest BCUT2D eigenvalue weighted by atomic mass is 35.5. The first-order chi connectivity index (χ1) is 9.09. The van der Waals surface area contributed by atoms with Gasteiger partial charge in [0.15, 0.2) is 0 Å². The molecule has 7 heteroatoms. The summed E-state index contributed by atoms with van der Waals surface area (Å²) in [6, 6.07) is 1.87. The molecule has 2 heterocycles. The highest BCUT2D eigenvalue weighted by Crippen LogP contribution is 2.32. The van der Waals surface area contributed by atoms with Gasteiger partial charge in [-0.05, 0) is 18.9 Å². The van der Waals surface area contributed by atoms with Gasteiger partial charge in [-0.2, -0.15) is 4.31 Å². The minimum absolute atomic E-state index is 0.122. The van der Waals surface area contributed by atoms with Gasteiger partial charge in [0.25, 0.3) is 0 Å². The zero-order chi connectivity index (χ0) is 13.5. The summed E-state index contributed by atoms with van der Waals surface area (Å²) in [6.45, 7) is 2.43. The molecule has 1 aliphatic heterocycles. The van der Waals surface area contributed by atoms with Gasteiger partial charge in [0.05, 0.1) is 16.0 Å². The summed E-state index contributed by atoms with van der Waals surface area (Å²) in [5.74, 6) is 0. The summed E-state index contributed by atoms with van der Waals surface area (Å²) in [7, 11) is -3.04. The van der Waals surface area contributed by atoms with E-state index in [4.69, 9.17) is 11.6 Å². The van der Waals surface area contributed by atoms with E-state index < -0.39 is 10.0 Å². The van der Waals surface area contributed by atoms with Crippen molar-refractivity contribution in [3.63, 3.8) is 0 Å². The van der Waals surface area contributed by atoms with Gasteiger partial charge in [-0.25, -0.2) is 8.42 Å². The smallest absolute Gasteiger partial charge is 0.217 e. The number of hydrogen-bond donors (Lipinski definition) is 0. The Balaban J connectivity index is 1.68. The van der Waals surface area contributed by atoms with Crippen molar-refractivity contribution in [1.82, 2.24) is 9.29 Å². The Labute approximate surface area is 118 Å². The molecule has 0 unspecified atom stereocenters. The molecule has 0 radical (unpaired) electrons. The molecule has 0 N–H and O–H groups in total. The van der Waals surface area contributed by atoms with Crippen molar-refractivity contribution in [2.45, 2.75) is 18.1 Å².